The van der Waals surface area contributed by atoms with Crippen LogP contribution in [-0.4, -0.2) is 62.7 Å². The third kappa shape index (κ3) is 8.41. The van der Waals surface area contributed by atoms with Gasteiger partial charge in [0.2, 0.25) is 11.8 Å². The first-order chi connectivity index (χ1) is 19.4. The highest BCUT2D eigenvalue weighted by atomic mass is 32.2. The molecule has 0 fully saturated rings. The molecule has 0 aliphatic heterocycles. The molecule has 0 spiro atoms. The summed E-state index contributed by atoms with van der Waals surface area (Å²) in [6.07, 6.45) is 1.04. The number of rotatable bonds is 13. The number of anilines is 1. The van der Waals surface area contributed by atoms with Gasteiger partial charge >= 0.3 is 10.2 Å². The van der Waals surface area contributed by atoms with Crippen molar-refractivity contribution in [1.82, 2.24) is 14.5 Å². The summed E-state index contributed by atoms with van der Waals surface area (Å²) in [6.45, 7) is 7.82. The van der Waals surface area contributed by atoms with Crippen molar-refractivity contribution in [3.05, 3.63) is 101 Å². The monoisotopic (exact) mass is 578 g/mol. The first kappa shape index (κ1) is 31.8. The molecule has 1 N–H and O–H groups in total. The summed E-state index contributed by atoms with van der Waals surface area (Å²) < 4.78 is 29.4. The first-order valence-corrected chi connectivity index (χ1v) is 15.3. The lowest BCUT2D eigenvalue weighted by Gasteiger charge is -2.35. The van der Waals surface area contributed by atoms with Gasteiger partial charge in [-0.15, -0.1) is 0 Å². The molecule has 3 rings (SSSR count). The standard InChI is InChI=1S/C32H42N4O4S/c1-7-19-33-32(38)30(21-27-11-9-8-10-12-27)35(22-28-17-14-24(2)15-18-28)31(37)23-36(41(39,40)34(5)6)29-20-25(3)13-16-26(29)4/h8-18,20,30H,7,19,21-23H2,1-6H3,(H,33,38)/t30-/m1/s1. The third-order valence-electron chi connectivity index (χ3n) is 6.95. The molecule has 8 nitrogen and oxygen atoms in total. The van der Waals surface area contributed by atoms with Gasteiger partial charge in [-0.1, -0.05) is 79.2 Å². The van der Waals surface area contributed by atoms with Crippen LogP contribution in [0.4, 0.5) is 5.69 Å². The maximum atomic E-state index is 14.3. The van der Waals surface area contributed by atoms with Crippen molar-refractivity contribution < 1.29 is 18.0 Å². The predicted molar refractivity (Wildman–Crippen MR) is 165 cm³/mol. The van der Waals surface area contributed by atoms with Crippen LogP contribution in [0.5, 0.6) is 0 Å². The largest absolute Gasteiger partial charge is 0.354 e. The summed E-state index contributed by atoms with van der Waals surface area (Å²) in [6, 6.07) is 22.0. The number of nitrogens with zero attached hydrogens (tertiary/aromatic N) is 3. The predicted octanol–water partition coefficient (Wildman–Crippen LogP) is 4.39. The number of carbonyl (C=O) groups excluding carboxylic acids is 2. The van der Waals surface area contributed by atoms with Gasteiger partial charge in [-0.05, 0) is 55.5 Å². The van der Waals surface area contributed by atoms with Crippen LogP contribution in [0, 0.1) is 20.8 Å². The Labute approximate surface area is 245 Å². The highest BCUT2D eigenvalue weighted by molar-refractivity contribution is 7.90. The van der Waals surface area contributed by atoms with Crippen molar-refractivity contribution in [2.75, 3.05) is 31.5 Å². The molecule has 41 heavy (non-hydrogen) atoms. The molecular formula is C32H42N4O4S. The number of nitrogens with one attached hydrogen (secondary N) is 1. The Balaban J connectivity index is 2.11. The fourth-order valence-corrected chi connectivity index (χ4v) is 5.61. The molecule has 0 saturated heterocycles. The van der Waals surface area contributed by atoms with Gasteiger partial charge in [-0.2, -0.15) is 12.7 Å². The van der Waals surface area contributed by atoms with Crippen LogP contribution < -0.4 is 9.62 Å². The Bertz CT molecular complexity index is 1420. The maximum Gasteiger partial charge on any atom is 0.304 e. The zero-order chi connectivity index (χ0) is 30.2. The highest BCUT2D eigenvalue weighted by Crippen LogP contribution is 2.26. The zero-order valence-corrected chi connectivity index (χ0v) is 25.7. The Morgan fingerprint density at radius 3 is 2.10 bits per heavy atom. The molecule has 0 bridgehead atoms. The van der Waals surface area contributed by atoms with Crippen LogP contribution in [0.3, 0.4) is 0 Å². The molecule has 3 aromatic rings. The van der Waals surface area contributed by atoms with Crippen LogP contribution in [-0.2, 0) is 32.8 Å². The van der Waals surface area contributed by atoms with Crippen LogP contribution >= 0.6 is 0 Å². The number of carbonyl (C=O) groups is 2. The molecule has 0 radical (unpaired) electrons. The number of amides is 2. The number of aryl methyl sites for hydroxylation is 3. The average molecular weight is 579 g/mol. The number of benzene rings is 3. The van der Waals surface area contributed by atoms with E-state index in [9.17, 15) is 18.0 Å². The van der Waals surface area contributed by atoms with E-state index in [1.165, 1.54) is 19.0 Å². The topological polar surface area (TPSA) is 90.0 Å². The summed E-state index contributed by atoms with van der Waals surface area (Å²) in [5.74, 6) is -0.741. The van der Waals surface area contributed by atoms with E-state index in [0.717, 1.165) is 42.8 Å². The second-order valence-corrected chi connectivity index (χ2v) is 12.7. The fourth-order valence-electron chi connectivity index (χ4n) is 4.50. The van der Waals surface area contributed by atoms with Crippen molar-refractivity contribution in [2.24, 2.45) is 0 Å². The Morgan fingerprint density at radius 2 is 1.49 bits per heavy atom. The van der Waals surface area contributed by atoms with Gasteiger partial charge in [0.15, 0.2) is 0 Å². The summed E-state index contributed by atoms with van der Waals surface area (Å²) in [4.78, 5) is 29.4. The maximum absolute atomic E-state index is 14.3. The first-order valence-electron chi connectivity index (χ1n) is 13.9. The van der Waals surface area contributed by atoms with Crippen molar-refractivity contribution >= 4 is 27.7 Å². The minimum absolute atomic E-state index is 0.152. The van der Waals surface area contributed by atoms with Gasteiger partial charge in [0, 0.05) is 33.6 Å². The molecule has 0 aliphatic carbocycles. The van der Waals surface area contributed by atoms with Crippen LogP contribution in [0.25, 0.3) is 0 Å². The third-order valence-corrected chi connectivity index (χ3v) is 8.75. The Kier molecular flexibility index (Phi) is 11.1. The van der Waals surface area contributed by atoms with Crippen molar-refractivity contribution in [3.8, 4) is 0 Å². The molecule has 0 aromatic heterocycles. The smallest absolute Gasteiger partial charge is 0.304 e. The summed E-state index contributed by atoms with van der Waals surface area (Å²) >= 11 is 0. The number of hydrogen-bond acceptors (Lipinski definition) is 4. The van der Waals surface area contributed by atoms with Crippen molar-refractivity contribution in [1.29, 1.82) is 0 Å². The second kappa shape index (κ2) is 14.3. The average Bonchev–Trinajstić information content (AvgIpc) is 2.95. The Morgan fingerprint density at radius 1 is 0.854 bits per heavy atom. The molecule has 9 heteroatoms. The quantitative estimate of drug-likeness (QED) is 0.326. The molecule has 3 aromatic carbocycles. The molecule has 220 valence electrons. The van der Waals surface area contributed by atoms with E-state index in [1.54, 1.807) is 6.07 Å². The molecule has 0 saturated carbocycles. The summed E-state index contributed by atoms with van der Waals surface area (Å²) in [5, 5.41) is 2.96. The molecule has 1 atom stereocenters. The van der Waals surface area contributed by atoms with Crippen LogP contribution in [0.1, 0.15) is 41.2 Å². The molecule has 0 aliphatic rings. The van der Waals surface area contributed by atoms with Crippen molar-refractivity contribution in [2.45, 2.75) is 53.1 Å². The van der Waals surface area contributed by atoms with E-state index in [0.29, 0.717) is 12.2 Å². The molecule has 0 unspecified atom stereocenters. The highest BCUT2D eigenvalue weighted by Gasteiger charge is 2.35. The summed E-state index contributed by atoms with van der Waals surface area (Å²) in [5.41, 5.74) is 4.84. The van der Waals surface area contributed by atoms with Gasteiger partial charge in [-0.3, -0.25) is 9.59 Å². The van der Waals surface area contributed by atoms with Crippen molar-refractivity contribution in [3.63, 3.8) is 0 Å². The van der Waals surface area contributed by atoms with E-state index in [2.05, 4.69) is 5.32 Å². The minimum atomic E-state index is -4.04. The van der Waals surface area contributed by atoms with Crippen LogP contribution in [0.2, 0.25) is 0 Å². The van der Waals surface area contributed by atoms with E-state index in [4.69, 9.17) is 0 Å². The normalized spacial score (nSPS) is 12.2. The molecule has 2 amide bonds. The number of hydrogen-bond donors (Lipinski definition) is 1. The lowest BCUT2D eigenvalue weighted by Crippen LogP contribution is -2.54. The van der Waals surface area contributed by atoms with Crippen LogP contribution in [0.15, 0.2) is 72.8 Å². The van der Waals surface area contributed by atoms with Gasteiger partial charge in [0.25, 0.3) is 0 Å². The van der Waals surface area contributed by atoms with E-state index in [-0.39, 0.29) is 18.9 Å². The molecule has 0 heterocycles. The zero-order valence-electron chi connectivity index (χ0n) is 24.9. The van der Waals surface area contributed by atoms with E-state index < -0.39 is 28.7 Å². The van der Waals surface area contributed by atoms with E-state index in [1.807, 2.05) is 94.4 Å². The second-order valence-electron chi connectivity index (χ2n) is 10.6. The Hall–Kier alpha value is -3.69. The SMILES string of the molecule is CCCNC(=O)[C@@H](Cc1ccccc1)N(Cc1ccc(C)cc1)C(=O)CN(c1cc(C)ccc1C)S(=O)(=O)N(C)C. The fraction of sp³-hybridized carbons (Fsp3) is 0.375. The lowest BCUT2D eigenvalue weighted by molar-refractivity contribution is -0.140. The van der Waals surface area contributed by atoms with Gasteiger partial charge in [0.1, 0.15) is 12.6 Å². The van der Waals surface area contributed by atoms with Gasteiger partial charge < -0.3 is 10.2 Å². The minimum Gasteiger partial charge on any atom is -0.354 e. The van der Waals surface area contributed by atoms with Gasteiger partial charge in [-0.25, -0.2) is 4.31 Å². The van der Waals surface area contributed by atoms with E-state index >= 15 is 0 Å². The van der Waals surface area contributed by atoms with Gasteiger partial charge in [0.05, 0.1) is 5.69 Å². The lowest BCUT2D eigenvalue weighted by atomic mass is 10.0. The molecular weight excluding hydrogens is 536 g/mol. The summed E-state index contributed by atoms with van der Waals surface area (Å²) in [7, 11) is -1.15.